The number of morpholine rings is 1. The Balaban J connectivity index is 1.65. The molecule has 5 rings (SSSR count). The Hall–Kier alpha value is -3.02. The molecule has 1 N–H and O–H groups in total. The highest BCUT2D eigenvalue weighted by atomic mass is 16.5. The van der Waals surface area contributed by atoms with Crippen molar-refractivity contribution in [3.63, 3.8) is 0 Å². The third-order valence-corrected chi connectivity index (χ3v) is 8.00. The fraction of sp³-hybridized carbons (Fsp3) is 0.556. The van der Waals surface area contributed by atoms with Gasteiger partial charge in [-0.1, -0.05) is 13.8 Å². The van der Waals surface area contributed by atoms with E-state index in [1.54, 1.807) is 6.20 Å². The molecule has 184 valence electrons. The Morgan fingerprint density at radius 2 is 2.03 bits per heavy atom. The molecular weight excluding hydrogens is 438 g/mol. The second-order valence-electron chi connectivity index (χ2n) is 9.82. The number of fused-ring (bicyclic) bond motifs is 1. The third-order valence-electron chi connectivity index (χ3n) is 8.00. The summed E-state index contributed by atoms with van der Waals surface area (Å²) in [4.78, 5) is 14.7. The zero-order valence-corrected chi connectivity index (χ0v) is 21.0. The lowest BCUT2D eigenvalue weighted by atomic mass is 9.68. The van der Waals surface area contributed by atoms with Crippen molar-refractivity contribution in [1.29, 1.82) is 5.26 Å². The minimum absolute atomic E-state index is 0.213. The predicted molar refractivity (Wildman–Crippen MR) is 137 cm³/mol. The van der Waals surface area contributed by atoms with Gasteiger partial charge in [0.25, 0.3) is 0 Å². The molecule has 8 nitrogen and oxygen atoms in total. The summed E-state index contributed by atoms with van der Waals surface area (Å²) in [6.45, 7) is 10.9. The van der Waals surface area contributed by atoms with E-state index in [1.807, 2.05) is 18.3 Å². The quantitative estimate of drug-likeness (QED) is 0.571. The predicted octanol–water partition coefficient (Wildman–Crippen LogP) is 4.29. The van der Waals surface area contributed by atoms with Gasteiger partial charge in [0.1, 0.15) is 17.0 Å². The number of hydrogen-bond donors (Lipinski definition) is 1. The lowest BCUT2D eigenvalue weighted by Crippen LogP contribution is -2.44. The highest BCUT2D eigenvalue weighted by Crippen LogP contribution is 2.45. The van der Waals surface area contributed by atoms with Crippen molar-refractivity contribution in [3.8, 4) is 17.5 Å². The van der Waals surface area contributed by atoms with Crippen LogP contribution in [-0.2, 0) is 10.2 Å². The average molecular weight is 474 g/mol. The molecule has 2 fully saturated rings. The number of aromatic nitrogens is 4. The number of hydrogen-bond acceptors (Lipinski definition) is 7. The SMILES string of the molecule is CCN(CC)C1CCC(C#N)(c2cc(N3CCOC[C@H]3C)nc3c(-c4ccn[nH]4)nccc23)CC1. The Morgan fingerprint density at radius 1 is 1.23 bits per heavy atom. The molecule has 4 heterocycles. The van der Waals surface area contributed by atoms with E-state index >= 15 is 0 Å². The lowest BCUT2D eigenvalue weighted by molar-refractivity contribution is 0.0985. The summed E-state index contributed by atoms with van der Waals surface area (Å²) < 4.78 is 5.69. The second kappa shape index (κ2) is 9.92. The van der Waals surface area contributed by atoms with Crippen molar-refractivity contribution < 1.29 is 4.74 Å². The highest BCUT2D eigenvalue weighted by Gasteiger charge is 2.40. The van der Waals surface area contributed by atoms with E-state index in [2.05, 4.69) is 57.9 Å². The maximum absolute atomic E-state index is 10.7. The monoisotopic (exact) mass is 473 g/mol. The van der Waals surface area contributed by atoms with Crippen LogP contribution in [0.15, 0.2) is 30.6 Å². The summed E-state index contributed by atoms with van der Waals surface area (Å²) in [6, 6.07) is 9.67. The number of ether oxygens (including phenoxy) is 1. The Bertz CT molecular complexity index is 1190. The number of aromatic amines is 1. The molecule has 0 unspecified atom stereocenters. The van der Waals surface area contributed by atoms with E-state index in [-0.39, 0.29) is 6.04 Å². The summed E-state index contributed by atoms with van der Waals surface area (Å²) in [7, 11) is 0. The van der Waals surface area contributed by atoms with E-state index in [0.717, 1.165) is 79.0 Å². The van der Waals surface area contributed by atoms with Crippen LogP contribution in [0.1, 0.15) is 52.0 Å². The topological polar surface area (TPSA) is 94.0 Å². The molecule has 1 atom stereocenters. The molecule has 3 aromatic rings. The second-order valence-corrected chi connectivity index (χ2v) is 9.82. The molecule has 8 heteroatoms. The molecule has 1 aliphatic heterocycles. The van der Waals surface area contributed by atoms with Gasteiger partial charge in [-0.05, 0) is 69.5 Å². The minimum Gasteiger partial charge on any atom is -0.377 e. The number of rotatable bonds is 6. The van der Waals surface area contributed by atoms with Gasteiger partial charge in [0, 0.05) is 30.4 Å². The average Bonchev–Trinajstić information content (AvgIpc) is 3.44. The van der Waals surface area contributed by atoms with Gasteiger partial charge in [-0.25, -0.2) is 4.98 Å². The number of nitriles is 1. The van der Waals surface area contributed by atoms with Crippen LogP contribution in [0.25, 0.3) is 22.3 Å². The Kier molecular flexibility index (Phi) is 6.72. The van der Waals surface area contributed by atoms with Crippen LogP contribution in [0.3, 0.4) is 0 Å². The van der Waals surface area contributed by atoms with Crippen molar-refractivity contribution >= 4 is 16.7 Å². The van der Waals surface area contributed by atoms with Crippen molar-refractivity contribution in [2.45, 2.75) is 64.0 Å². The molecule has 0 aromatic carbocycles. The molecule has 1 aliphatic carbocycles. The van der Waals surface area contributed by atoms with E-state index in [9.17, 15) is 5.26 Å². The molecule has 1 saturated heterocycles. The molecule has 3 aromatic heterocycles. The first-order chi connectivity index (χ1) is 17.1. The van der Waals surface area contributed by atoms with Crippen molar-refractivity contribution in [3.05, 3.63) is 36.2 Å². The molecule has 2 aliphatic rings. The summed E-state index contributed by atoms with van der Waals surface area (Å²) >= 11 is 0. The molecule has 0 amide bonds. The molecule has 0 bridgehead atoms. The fourth-order valence-corrected chi connectivity index (χ4v) is 5.98. The summed E-state index contributed by atoms with van der Waals surface area (Å²) in [6.07, 6.45) is 7.32. The Morgan fingerprint density at radius 3 is 2.69 bits per heavy atom. The standard InChI is InChI=1S/C27H35N7O/c1-4-33(5-2)20-6-10-27(18-28,11-7-20)22-16-24(34-14-15-35-17-19(34)3)31-25-21(22)8-12-29-26(25)23-9-13-30-32-23/h8-9,12-13,16,19-20H,4-7,10-11,14-15,17H2,1-3H3,(H,30,32)/t19-,20?,27?/m1/s1. The van der Waals surface area contributed by atoms with Crippen LogP contribution in [0.5, 0.6) is 0 Å². The largest absolute Gasteiger partial charge is 0.377 e. The summed E-state index contributed by atoms with van der Waals surface area (Å²) in [5.74, 6) is 0.901. The molecular formula is C27H35N7O. The number of H-pyrrole nitrogens is 1. The molecule has 35 heavy (non-hydrogen) atoms. The smallest absolute Gasteiger partial charge is 0.130 e. The zero-order valence-electron chi connectivity index (χ0n) is 21.0. The van der Waals surface area contributed by atoms with Gasteiger partial charge in [-0.15, -0.1) is 0 Å². The molecule has 0 radical (unpaired) electrons. The number of pyridine rings is 2. The first kappa shape index (κ1) is 23.7. The number of anilines is 1. The van der Waals surface area contributed by atoms with Gasteiger partial charge in [0.05, 0.1) is 36.4 Å². The lowest BCUT2D eigenvalue weighted by Gasteiger charge is -2.41. The van der Waals surface area contributed by atoms with E-state index in [0.29, 0.717) is 19.3 Å². The first-order valence-corrected chi connectivity index (χ1v) is 12.9. The van der Waals surface area contributed by atoms with Crippen molar-refractivity contribution in [2.75, 3.05) is 37.7 Å². The van der Waals surface area contributed by atoms with Crippen LogP contribution in [0, 0.1) is 11.3 Å². The van der Waals surface area contributed by atoms with Crippen LogP contribution < -0.4 is 4.90 Å². The maximum atomic E-state index is 10.7. The van der Waals surface area contributed by atoms with E-state index in [4.69, 9.17) is 9.72 Å². The third kappa shape index (κ3) is 4.28. The summed E-state index contributed by atoms with van der Waals surface area (Å²) in [5, 5.41) is 18.8. The molecule has 0 spiro atoms. The van der Waals surface area contributed by atoms with Crippen LogP contribution in [0.4, 0.5) is 5.82 Å². The van der Waals surface area contributed by atoms with Crippen molar-refractivity contribution in [1.82, 2.24) is 25.1 Å². The van der Waals surface area contributed by atoms with Gasteiger partial charge in [-0.2, -0.15) is 10.4 Å². The van der Waals surface area contributed by atoms with Crippen molar-refractivity contribution in [2.24, 2.45) is 0 Å². The van der Waals surface area contributed by atoms with Crippen LogP contribution in [-0.4, -0.2) is 70.0 Å². The highest BCUT2D eigenvalue weighted by molar-refractivity contribution is 5.94. The number of nitrogens with one attached hydrogen (secondary N) is 1. The number of nitrogens with zero attached hydrogens (tertiary/aromatic N) is 6. The fourth-order valence-electron chi connectivity index (χ4n) is 5.98. The van der Waals surface area contributed by atoms with Gasteiger partial charge in [0.2, 0.25) is 0 Å². The van der Waals surface area contributed by atoms with Crippen LogP contribution in [0.2, 0.25) is 0 Å². The maximum Gasteiger partial charge on any atom is 0.130 e. The van der Waals surface area contributed by atoms with Gasteiger partial charge in [-0.3, -0.25) is 10.1 Å². The normalized spacial score (nSPS) is 25.2. The van der Waals surface area contributed by atoms with E-state index in [1.165, 1.54) is 0 Å². The molecule has 1 saturated carbocycles. The zero-order chi connectivity index (χ0) is 24.4. The Labute approximate surface area is 207 Å². The van der Waals surface area contributed by atoms with E-state index < -0.39 is 5.41 Å². The summed E-state index contributed by atoms with van der Waals surface area (Å²) in [5.41, 5.74) is 2.97. The van der Waals surface area contributed by atoms with Crippen LogP contribution >= 0.6 is 0 Å². The van der Waals surface area contributed by atoms with Gasteiger partial charge in [0.15, 0.2) is 0 Å². The first-order valence-electron chi connectivity index (χ1n) is 12.9. The van der Waals surface area contributed by atoms with Gasteiger partial charge >= 0.3 is 0 Å². The minimum atomic E-state index is -0.540. The van der Waals surface area contributed by atoms with Gasteiger partial charge < -0.3 is 14.5 Å².